The number of methoxy groups -OCH3 is 1. The molecule has 0 radical (unpaired) electrons. The van der Waals surface area contributed by atoms with Gasteiger partial charge in [-0.3, -0.25) is 0 Å². The summed E-state index contributed by atoms with van der Waals surface area (Å²) in [6.45, 7) is 0.566. The second-order valence-electron chi connectivity index (χ2n) is 4.23. The molecule has 0 saturated heterocycles. The lowest BCUT2D eigenvalue weighted by molar-refractivity contribution is 0.414. The molecule has 3 nitrogen and oxygen atoms in total. The van der Waals surface area contributed by atoms with Crippen LogP contribution in [-0.2, 0) is 0 Å². The Hall–Kier alpha value is -2.00. The molecule has 4 N–H and O–H groups in total. The van der Waals surface area contributed by atoms with Gasteiger partial charge in [0.25, 0.3) is 0 Å². The van der Waals surface area contributed by atoms with E-state index in [4.69, 9.17) is 16.2 Å². The van der Waals surface area contributed by atoms with Crippen LogP contribution in [0.25, 0.3) is 0 Å². The Kier molecular flexibility index (Phi) is 3.85. The predicted molar refractivity (Wildman–Crippen MR) is 74.7 cm³/mol. The molecule has 94 valence electrons. The number of nitrogen functional groups attached to an aromatic ring is 1. The molecule has 2 rings (SSSR count). The van der Waals surface area contributed by atoms with Crippen molar-refractivity contribution in [3.8, 4) is 5.75 Å². The summed E-state index contributed by atoms with van der Waals surface area (Å²) in [6, 6.07) is 15.9. The van der Waals surface area contributed by atoms with Crippen molar-refractivity contribution in [3.63, 3.8) is 0 Å². The number of hydrogen-bond donors (Lipinski definition) is 2. The van der Waals surface area contributed by atoms with Gasteiger partial charge in [0, 0.05) is 18.2 Å². The van der Waals surface area contributed by atoms with Crippen molar-refractivity contribution >= 4 is 5.69 Å². The first kappa shape index (κ1) is 12.5. The molecular weight excluding hydrogens is 224 g/mol. The highest BCUT2D eigenvalue weighted by atomic mass is 16.5. The Morgan fingerprint density at radius 1 is 0.944 bits per heavy atom. The molecule has 0 aromatic heterocycles. The minimum atomic E-state index is 0.191. The van der Waals surface area contributed by atoms with Crippen LogP contribution in [0.3, 0.4) is 0 Å². The van der Waals surface area contributed by atoms with Crippen molar-refractivity contribution in [2.75, 3.05) is 19.4 Å². The SMILES string of the molecule is COc1ccc(C(CN)c2ccc(N)cc2)cc1. The maximum atomic E-state index is 5.88. The molecule has 3 heteroatoms. The summed E-state index contributed by atoms with van der Waals surface area (Å²) in [5, 5.41) is 0. The van der Waals surface area contributed by atoms with Crippen LogP contribution in [0.15, 0.2) is 48.5 Å². The molecule has 0 bridgehead atoms. The Balaban J connectivity index is 2.29. The third kappa shape index (κ3) is 2.63. The van der Waals surface area contributed by atoms with Crippen molar-refractivity contribution in [1.29, 1.82) is 0 Å². The van der Waals surface area contributed by atoms with E-state index in [1.807, 2.05) is 48.5 Å². The summed E-state index contributed by atoms with van der Waals surface area (Å²) < 4.78 is 5.16. The van der Waals surface area contributed by atoms with E-state index < -0.39 is 0 Å². The maximum Gasteiger partial charge on any atom is 0.118 e. The van der Waals surface area contributed by atoms with Crippen LogP contribution >= 0.6 is 0 Å². The highest BCUT2D eigenvalue weighted by Gasteiger charge is 2.12. The van der Waals surface area contributed by atoms with Crippen LogP contribution in [0.5, 0.6) is 5.75 Å². The molecule has 0 aliphatic rings. The Morgan fingerprint density at radius 2 is 1.44 bits per heavy atom. The fraction of sp³-hybridized carbons (Fsp3) is 0.200. The van der Waals surface area contributed by atoms with E-state index in [1.54, 1.807) is 7.11 Å². The maximum absolute atomic E-state index is 5.88. The molecule has 2 aromatic rings. The van der Waals surface area contributed by atoms with E-state index in [9.17, 15) is 0 Å². The molecule has 1 unspecified atom stereocenters. The van der Waals surface area contributed by atoms with Gasteiger partial charge in [0.15, 0.2) is 0 Å². The molecule has 2 aromatic carbocycles. The fourth-order valence-electron chi connectivity index (χ4n) is 2.03. The lowest BCUT2D eigenvalue weighted by atomic mass is 9.91. The van der Waals surface area contributed by atoms with Gasteiger partial charge in [-0.25, -0.2) is 0 Å². The molecule has 0 fully saturated rings. The largest absolute Gasteiger partial charge is 0.497 e. The van der Waals surface area contributed by atoms with Gasteiger partial charge in [-0.1, -0.05) is 24.3 Å². The number of rotatable bonds is 4. The van der Waals surface area contributed by atoms with Crippen LogP contribution in [0.2, 0.25) is 0 Å². The summed E-state index contributed by atoms with van der Waals surface area (Å²) in [5.41, 5.74) is 14.7. The summed E-state index contributed by atoms with van der Waals surface area (Å²) in [6.07, 6.45) is 0. The third-order valence-electron chi connectivity index (χ3n) is 3.09. The lowest BCUT2D eigenvalue weighted by Gasteiger charge is -2.16. The minimum Gasteiger partial charge on any atom is -0.497 e. The van der Waals surface area contributed by atoms with Gasteiger partial charge in [0.05, 0.1) is 7.11 Å². The van der Waals surface area contributed by atoms with Crippen LogP contribution in [0.4, 0.5) is 5.69 Å². The van der Waals surface area contributed by atoms with E-state index in [-0.39, 0.29) is 5.92 Å². The first-order valence-electron chi connectivity index (χ1n) is 5.94. The summed E-state index contributed by atoms with van der Waals surface area (Å²) in [7, 11) is 1.66. The van der Waals surface area contributed by atoms with Crippen molar-refractivity contribution < 1.29 is 4.74 Å². The minimum absolute atomic E-state index is 0.191. The number of benzene rings is 2. The summed E-state index contributed by atoms with van der Waals surface area (Å²) in [4.78, 5) is 0. The zero-order chi connectivity index (χ0) is 13.0. The van der Waals surface area contributed by atoms with Crippen LogP contribution < -0.4 is 16.2 Å². The topological polar surface area (TPSA) is 61.3 Å². The molecule has 0 heterocycles. The number of hydrogen-bond acceptors (Lipinski definition) is 3. The Bertz CT molecular complexity index is 491. The highest BCUT2D eigenvalue weighted by molar-refractivity contribution is 5.43. The number of anilines is 1. The van der Waals surface area contributed by atoms with Crippen LogP contribution in [0.1, 0.15) is 17.0 Å². The van der Waals surface area contributed by atoms with E-state index in [2.05, 4.69) is 0 Å². The zero-order valence-corrected chi connectivity index (χ0v) is 10.5. The van der Waals surface area contributed by atoms with Gasteiger partial charge in [0.2, 0.25) is 0 Å². The third-order valence-corrected chi connectivity index (χ3v) is 3.09. The van der Waals surface area contributed by atoms with E-state index >= 15 is 0 Å². The summed E-state index contributed by atoms with van der Waals surface area (Å²) in [5.74, 6) is 1.04. The first-order valence-corrected chi connectivity index (χ1v) is 5.94. The average Bonchev–Trinajstić information content (AvgIpc) is 2.42. The molecular formula is C15H18N2O. The fourth-order valence-corrected chi connectivity index (χ4v) is 2.03. The zero-order valence-electron chi connectivity index (χ0n) is 10.5. The van der Waals surface area contributed by atoms with Gasteiger partial charge >= 0.3 is 0 Å². The molecule has 0 aliphatic carbocycles. The van der Waals surface area contributed by atoms with Gasteiger partial charge in [-0.2, -0.15) is 0 Å². The van der Waals surface area contributed by atoms with Crippen LogP contribution in [-0.4, -0.2) is 13.7 Å². The monoisotopic (exact) mass is 242 g/mol. The number of nitrogens with two attached hydrogens (primary N) is 2. The molecule has 0 amide bonds. The van der Waals surface area contributed by atoms with Crippen molar-refractivity contribution in [2.45, 2.75) is 5.92 Å². The van der Waals surface area contributed by atoms with E-state index in [1.165, 1.54) is 11.1 Å². The van der Waals surface area contributed by atoms with Gasteiger partial charge < -0.3 is 16.2 Å². The Morgan fingerprint density at radius 3 is 1.89 bits per heavy atom. The smallest absolute Gasteiger partial charge is 0.118 e. The Labute approximate surface area is 107 Å². The van der Waals surface area contributed by atoms with Crippen LogP contribution in [0, 0.1) is 0 Å². The molecule has 18 heavy (non-hydrogen) atoms. The standard InChI is InChI=1S/C15H18N2O/c1-18-14-8-4-12(5-9-14)15(10-16)11-2-6-13(17)7-3-11/h2-9,15H,10,16-17H2,1H3. The van der Waals surface area contributed by atoms with Gasteiger partial charge in [-0.05, 0) is 35.4 Å². The normalized spacial score (nSPS) is 12.1. The average molecular weight is 242 g/mol. The van der Waals surface area contributed by atoms with Crippen molar-refractivity contribution in [2.24, 2.45) is 5.73 Å². The summed E-state index contributed by atoms with van der Waals surface area (Å²) >= 11 is 0. The first-order chi connectivity index (χ1) is 8.74. The van der Waals surface area contributed by atoms with Crippen molar-refractivity contribution in [3.05, 3.63) is 59.7 Å². The second-order valence-corrected chi connectivity index (χ2v) is 4.23. The van der Waals surface area contributed by atoms with Crippen molar-refractivity contribution in [1.82, 2.24) is 0 Å². The van der Waals surface area contributed by atoms with E-state index in [0.29, 0.717) is 6.54 Å². The quantitative estimate of drug-likeness (QED) is 0.809. The van der Waals surface area contributed by atoms with Gasteiger partial charge in [-0.15, -0.1) is 0 Å². The van der Waals surface area contributed by atoms with E-state index in [0.717, 1.165) is 11.4 Å². The van der Waals surface area contributed by atoms with Gasteiger partial charge in [0.1, 0.15) is 5.75 Å². The number of ether oxygens (including phenoxy) is 1. The lowest BCUT2D eigenvalue weighted by Crippen LogP contribution is -2.13. The molecule has 0 saturated carbocycles. The second kappa shape index (κ2) is 5.56. The molecule has 0 spiro atoms. The molecule has 1 atom stereocenters. The molecule has 0 aliphatic heterocycles. The predicted octanol–water partition coefficient (Wildman–Crippen LogP) is 2.37. The highest BCUT2D eigenvalue weighted by Crippen LogP contribution is 2.25.